The second-order valence-electron chi connectivity index (χ2n) is 7.71. The van der Waals surface area contributed by atoms with Gasteiger partial charge in [0.1, 0.15) is 22.8 Å². The third kappa shape index (κ3) is 3.65. The van der Waals surface area contributed by atoms with Crippen LogP contribution >= 0.6 is 0 Å². The van der Waals surface area contributed by atoms with Crippen LogP contribution in [0.1, 0.15) is 10.4 Å². The van der Waals surface area contributed by atoms with Gasteiger partial charge in [0.25, 0.3) is 5.91 Å². The summed E-state index contributed by atoms with van der Waals surface area (Å²) in [6.07, 6.45) is 3.25. The van der Waals surface area contributed by atoms with Crippen LogP contribution in [-0.2, 0) is 0 Å². The molecular formula is C25H18F2N4O2. The number of carbonyl (C=O) groups excluding carboxylic acids is 1. The number of nitrogens with zero attached hydrogens (tertiary/aromatic N) is 3. The third-order valence-corrected chi connectivity index (χ3v) is 5.29. The van der Waals surface area contributed by atoms with Crippen molar-refractivity contribution in [3.05, 3.63) is 84.2 Å². The molecule has 8 heteroatoms. The number of anilines is 2. The molecular weight excluding hydrogens is 426 g/mol. The molecule has 0 aliphatic carbocycles. The van der Waals surface area contributed by atoms with Gasteiger partial charge in [-0.1, -0.05) is 18.2 Å². The molecule has 164 valence electrons. The van der Waals surface area contributed by atoms with Gasteiger partial charge in [-0.2, -0.15) is 0 Å². The minimum absolute atomic E-state index is 0.111. The third-order valence-electron chi connectivity index (χ3n) is 5.29. The molecule has 0 fully saturated rings. The number of nitrogens with one attached hydrogen (secondary N) is 1. The summed E-state index contributed by atoms with van der Waals surface area (Å²) in [5.41, 5.74) is 2.93. The first kappa shape index (κ1) is 20.6. The second-order valence-corrected chi connectivity index (χ2v) is 7.71. The number of halogens is 2. The SMILES string of the molecule is CN(C)c1ncc(-c2c(C(=O)Nc3ccc(-c4ccccc4F)c(F)c3)c3ccc2o3)cn1. The van der Waals surface area contributed by atoms with Crippen molar-refractivity contribution in [2.45, 2.75) is 0 Å². The highest BCUT2D eigenvalue weighted by Gasteiger charge is 2.25. The Hall–Kier alpha value is -4.33. The summed E-state index contributed by atoms with van der Waals surface area (Å²) in [5, 5.41) is 2.70. The van der Waals surface area contributed by atoms with E-state index in [-0.39, 0.29) is 16.8 Å². The quantitative estimate of drug-likeness (QED) is 0.383. The number of rotatable bonds is 5. The van der Waals surface area contributed by atoms with Gasteiger partial charge in [0.15, 0.2) is 0 Å². The Kier molecular flexibility index (Phi) is 4.97. The second kappa shape index (κ2) is 7.98. The molecule has 33 heavy (non-hydrogen) atoms. The van der Waals surface area contributed by atoms with E-state index in [4.69, 9.17) is 4.42 Å². The van der Waals surface area contributed by atoms with Crippen LogP contribution in [0, 0.1) is 11.6 Å². The maximum atomic E-state index is 14.7. The van der Waals surface area contributed by atoms with E-state index in [2.05, 4.69) is 15.3 Å². The number of benzene rings is 3. The predicted molar refractivity (Wildman–Crippen MR) is 123 cm³/mol. The zero-order valence-electron chi connectivity index (χ0n) is 17.8. The van der Waals surface area contributed by atoms with Crippen LogP contribution in [0.25, 0.3) is 33.4 Å². The fraction of sp³-hybridized carbons (Fsp3) is 0.0800. The van der Waals surface area contributed by atoms with E-state index < -0.39 is 17.5 Å². The highest BCUT2D eigenvalue weighted by Crippen LogP contribution is 2.37. The molecule has 6 nitrogen and oxygen atoms in total. The molecule has 0 saturated heterocycles. The van der Waals surface area contributed by atoms with E-state index >= 15 is 0 Å². The largest absolute Gasteiger partial charge is 0.456 e. The molecule has 5 aromatic rings. The van der Waals surface area contributed by atoms with Crippen LogP contribution in [-0.4, -0.2) is 30.0 Å². The van der Waals surface area contributed by atoms with E-state index in [0.717, 1.165) is 6.07 Å². The Labute approximate surface area is 187 Å². The molecule has 0 saturated carbocycles. The molecule has 3 aromatic heterocycles. The number of hydrogen-bond acceptors (Lipinski definition) is 5. The van der Waals surface area contributed by atoms with Crippen molar-refractivity contribution in [3.63, 3.8) is 0 Å². The van der Waals surface area contributed by atoms with Gasteiger partial charge < -0.3 is 14.6 Å². The first-order valence-corrected chi connectivity index (χ1v) is 10.1. The van der Waals surface area contributed by atoms with E-state index in [0.29, 0.717) is 33.8 Å². The Morgan fingerprint density at radius 3 is 2.30 bits per heavy atom. The van der Waals surface area contributed by atoms with E-state index in [1.165, 1.54) is 30.3 Å². The van der Waals surface area contributed by atoms with Crippen LogP contribution in [0.3, 0.4) is 0 Å². The number of aromatic nitrogens is 2. The number of amides is 1. The Balaban J connectivity index is 1.46. The van der Waals surface area contributed by atoms with Gasteiger partial charge in [-0.25, -0.2) is 18.7 Å². The van der Waals surface area contributed by atoms with Crippen molar-refractivity contribution in [3.8, 4) is 22.3 Å². The highest BCUT2D eigenvalue weighted by atomic mass is 19.1. The summed E-state index contributed by atoms with van der Waals surface area (Å²) < 4.78 is 34.5. The van der Waals surface area contributed by atoms with Crippen LogP contribution in [0.15, 0.2) is 71.4 Å². The summed E-state index contributed by atoms with van der Waals surface area (Å²) >= 11 is 0. The minimum Gasteiger partial charge on any atom is -0.456 e. The van der Waals surface area contributed by atoms with Crippen LogP contribution < -0.4 is 10.2 Å². The number of carbonyl (C=O) groups is 1. The molecule has 0 aliphatic heterocycles. The molecule has 3 heterocycles. The summed E-state index contributed by atoms with van der Waals surface area (Å²) in [6, 6.07) is 13.5. The van der Waals surface area contributed by atoms with Gasteiger partial charge in [0, 0.05) is 54.4 Å². The first-order valence-electron chi connectivity index (χ1n) is 10.1. The average Bonchev–Trinajstić information content (AvgIpc) is 3.42. The lowest BCUT2D eigenvalue weighted by molar-refractivity contribution is 0.102. The van der Waals surface area contributed by atoms with Gasteiger partial charge in [0.2, 0.25) is 5.95 Å². The Morgan fingerprint density at radius 1 is 0.909 bits per heavy atom. The standard InChI is InChI=1S/C25H18F2N4O2/c1-31(2)25-28-12-14(13-29-25)22-20-9-10-21(33-20)23(22)24(32)30-15-7-8-17(19(27)11-15)16-5-3-4-6-18(16)26/h3-13H,1-2H3,(H,30,32). The van der Waals surface area contributed by atoms with Crippen molar-refractivity contribution < 1.29 is 18.0 Å². The topological polar surface area (TPSA) is 71.3 Å². The fourth-order valence-corrected chi connectivity index (χ4v) is 3.73. The Bertz CT molecular complexity index is 1460. The van der Waals surface area contributed by atoms with Gasteiger partial charge >= 0.3 is 0 Å². The van der Waals surface area contributed by atoms with Crippen molar-refractivity contribution >= 4 is 28.7 Å². The molecule has 0 spiro atoms. The van der Waals surface area contributed by atoms with E-state index in [1.807, 2.05) is 14.1 Å². The number of hydrogen-bond donors (Lipinski definition) is 1. The van der Waals surface area contributed by atoms with Crippen molar-refractivity contribution in [2.75, 3.05) is 24.3 Å². The van der Waals surface area contributed by atoms with Crippen LogP contribution in [0.5, 0.6) is 0 Å². The van der Waals surface area contributed by atoms with E-state index in [1.54, 1.807) is 35.5 Å². The number of furan rings is 2. The maximum Gasteiger partial charge on any atom is 0.260 e. The summed E-state index contributed by atoms with van der Waals surface area (Å²) in [4.78, 5) is 23.5. The molecule has 2 bridgehead atoms. The normalized spacial score (nSPS) is 11.2. The van der Waals surface area contributed by atoms with E-state index in [9.17, 15) is 13.6 Å². The molecule has 1 amide bonds. The predicted octanol–water partition coefficient (Wildman–Crippen LogP) is 5.59. The smallest absolute Gasteiger partial charge is 0.260 e. The lowest BCUT2D eigenvalue weighted by atomic mass is 10.0. The average molecular weight is 444 g/mol. The highest BCUT2D eigenvalue weighted by molar-refractivity contribution is 6.16. The van der Waals surface area contributed by atoms with Gasteiger partial charge in [-0.3, -0.25) is 4.79 Å². The molecule has 2 aromatic carbocycles. The number of fused-ring (bicyclic) bond motifs is 2. The monoisotopic (exact) mass is 444 g/mol. The summed E-state index contributed by atoms with van der Waals surface area (Å²) in [6.45, 7) is 0. The molecule has 0 unspecified atom stereocenters. The van der Waals surface area contributed by atoms with Gasteiger partial charge in [0.05, 0.1) is 5.56 Å². The van der Waals surface area contributed by atoms with Gasteiger partial charge in [-0.15, -0.1) is 0 Å². The molecule has 0 aliphatic rings. The van der Waals surface area contributed by atoms with Crippen molar-refractivity contribution in [1.29, 1.82) is 0 Å². The molecule has 1 N–H and O–H groups in total. The molecule has 5 rings (SSSR count). The van der Waals surface area contributed by atoms with Crippen molar-refractivity contribution in [2.24, 2.45) is 0 Å². The minimum atomic E-state index is -0.647. The Morgan fingerprint density at radius 2 is 1.61 bits per heavy atom. The lowest BCUT2D eigenvalue weighted by Gasteiger charge is -2.11. The fourth-order valence-electron chi connectivity index (χ4n) is 3.73. The zero-order chi connectivity index (χ0) is 23.1. The first-order chi connectivity index (χ1) is 15.9. The summed E-state index contributed by atoms with van der Waals surface area (Å²) in [5.74, 6) is -1.10. The maximum absolute atomic E-state index is 14.7. The molecule has 0 atom stereocenters. The lowest BCUT2D eigenvalue weighted by Crippen LogP contribution is -2.14. The summed E-state index contributed by atoms with van der Waals surface area (Å²) in [7, 11) is 3.66. The van der Waals surface area contributed by atoms with Crippen molar-refractivity contribution in [1.82, 2.24) is 9.97 Å². The van der Waals surface area contributed by atoms with Crippen LogP contribution in [0.2, 0.25) is 0 Å². The zero-order valence-corrected chi connectivity index (χ0v) is 17.8. The van der Waals surface area contributed by atoms with Gasteiger partial charge in [-0.05, 0) is 36.4 Å². The van der Waals surface area contributed by atoms with Crippen LogP contribution in [0.4, 0.5) is 20.4 Å². The molecule has 0 radical (unpaired) electrons.